The first-order chi connectivity index (χ1) is 8.48. The molecule has 2 rings (SSSR count). The number of hydrogen-bond acceptors (Lipinski definition) is 3. The van der Waals surface area contributed by atoms with E-state index in [1.165, 1.54) is 5.75 Å². The SMILES string of the molecule is CC(C)(C)C(=O)N(CC1CCCO1)C1CCSC1. The van der Waals surface area contributed by atoms with E-state index in [4.69, 9.17) is 4.74 Å². The molecule has 2 heterocycles. The molecule has 18 heavy (non-hydrogen) atoms. The van der Waals surface area contributed by atoms with E-state index >= 15 is 0 Å². The topological polar surface area (TPSA) is 29.5 Å². The first-order valence-electron chi connectivity index (χ1n) is 6.99. The van der Waals surface area contributed by atoms with Crippen molar-refractivity contribution in [1.82, 2.24) is 4.90 Å². The lowest BCUT2D eigenvalue weighted by Gasteiger charge is -2.35. The predicted octanol–water partition coefficient (Wildman–Crippen LogP) is 2.55. The Bertz CT molecular complexity index is 289. The fourth-order valence-corrected chi connectivity index (χ4v) is 3.83. The number of rotatable bonds is 3. The van der Waals surface area contributed by atoms with Crippen molar-refractivity contribution in [2.24, 2.45) is 5.41 Å². The molecular weight excluding hydrogens is 246 g/mol. The van der Waals surface area contributed by atoms with Gasteiger partial charge in [0.2, 0.25) is 5.91 Å². The van der Waals surface area contributed by atoms with E-state index in [-0.39, 0.29) is 17.4 Å². The summed E-state index contributed by atoms with van der Waals surface area (Å²) in [6, 6.07) is 0.422. The number of amides is 1. The highest BCUT2D eigenvalue weighted by molar-refractivity contribution is 7.99. The summed E-state index contributed by atoms with van der Waals surface area (Å²) in [5, 5.41) is 0. The molecular formula is C14H25NO2S. The Morgan fingerprint density at radius 3 is 2.67 bits per heavy atom. The average Bonchev–Trinajstić information content (AvgIpc) is 2.96. The molecule has 0 aromatic carbocycles. The van der Waals surface area contributed by atoms with Crippen LogP contribution in [0, 0.1) is 5.41 Å². The Morgan fingerprint density at radius 1 is 1.39 bits per heavy atom. The lowest BCUT2D eigenvalue weighted by molar-refractivity contribution is -0.143. The van der Waals surface area contributed by atoms with Crippen molar-refractivity contribution in [3.63, 3.8) is 0 Å². The number of thioether (sulfide) groups is 1. The third-order valence-corrected chi connectivity index (χ3v) is 4.82. The van der Waals surface area contributed by atoms with E-state index in [1.54, 1.807) is 0 Å². The molecule has 0 radical (unpaired) electrons. The summed E-state index contributed by atoms with van der Waals surface area (Å²) >= 11 is 1.96. The quantitative estimate of drug-likeness (QED) is 0.790. The van der Waals surface area contributed by atoms with Crippen molar-refractivity contribution in [1.29, 1.82) is 0 Å². The van der Waals surface area contributed by atoms with Gasteiger partial charge in [-0.2, -0.15) is 11.8 Å². The van der Waals surface area contributed by atoms with Crippen molar-refractivity contribution in [2.75, 3.05) is 24.7 Å². The average molecular weight is 271 g/mol. The molecule has 104 valence electrons. The summed E-state index contributed by atoms with van der Waals surface area (Å²) in [7, 11) is 0. The van der Waals surface area contributed by atoms with E-state index in [0.717, 1.165) is 38.2 Å². The molecule has 2 atom stereocenters. The molecule has 2 aliphatic rings. The fourth-order valence-electron chi connectivity index (χ4n) is 2.60. The molecule has 4 heteroatoms. The lowest BCUT2D eigenvalue weighted by Crippen LogP contribution is -2.49. The highest BCUT2D eigenvalue weighted by Gasteiger charge is 2.35. The number of hydrogen-bond donors (Lipinski definition) is 0. The highest BCUT2D eigenvalue weighted by atomic mass is 32.2. The van der Waals surface area contributed by atoms with Gasteiger partial charge in [-0.05, 0) is 25.0 Å². The van der Waals surface area contributed by atoms with Crippen LogP contribution in [-0.4, -0.2) is 47.6 Å². The van der Waals surface area contributed by atoms with Crippen molar-refractivity contribution in [2.45, 2.75) is 52.2 Å². The highest BCUT2D eigenvalue weighted by Crippen LogP contribution is 2.28. The third kappa shape index (κ3) is 3.41. The van der Waals surface area contributed by atoms with E-state index in [2.05, 4.69) is 4.90 Å². The number of ether oxygens (including phenoxy) is 1. The van der Waals surface area contributed by atoms with Crippen LogP contribution in [0.1, 0.15) is 40.0 Å². The second-order valence-corrected chi connectivity index (χ2v) is 7.51. The minimum Gasteiger partial charge on any atom is -0.376 e. The van der Waals surface area contributed by atoms with Crippen LogP contribution in [0.5, 0.6) is 0 Å². The van der Waals surface area contributed by atoms with E-state index in [9.17, 15) is 4.79 Å². The first kappa shape index (κ1) is 14.2. The fraction of sp³-hybridized carbons (Fsp3) is 0.929. The molecule has 2 saturated heterocycles. The second kappa shape index (κ2) is 5.83. The normalized spacial score (nSPS) is 28.6. The monoisotopic (exact) mass is 271 g/mol. The molecule has 1 amide bonds. The predicted molar refractivity (Wildman–Crippen MR) is 75.9 cm³/mol. The van der Waals surface area contributed by atoms with E-state index < -0.39 is 0 Å². The Kier molecular flexibility index (Phi) is 4.59. The third-order valence-electron chi connectivity index (χ3n) is 3.67. The smallest absolute Gasteiger partial charge is 0.228 e. The summed E-state index contributed by atoms with van der Waals surface area (Å²) < 4.78 is 5.71. The Hall–Kier alpha value is -0.220. The van der Waals surface area contributed by atoms with Crippen LogP contribution in [0.3, 0.4) is 0 Å². The zero-order valence-electron chi connectivity index (χ0n) is 11.8. The number of nitrogens with zero attached hydrogens (tertiary/aromatic N) is 1. The van der Waals surface area contributed by atoms with Crippen molar-refractivity contribution < 1.29 is 9.53 Å². The Morgan fingerprint density at radius 2 is 2.17 bits per heavy atom. The van der Waals surface area contributed by atoms with E-state index in [1.807, 2.05) is 32.5 Å². The van der Waals surface area contributed by atoms with Gasteiger partial charge in [0.05, 0.1) is 6.10 Å². The van der Waals surface area contributed by atoms with Gasteiger partial charge in [-0.1, -0.05) is 20.8 Å². The molecule has 0 spiro atoms. The molecule has 2 unspecified atom stereocenters. The van der Waals surface area contributed by atoms with Gasteiger partial charge in [0.1, 0.15) is 0 Å². The van der Waals surface area contributed by atoms with Gasteiger partial charge < -0.3 is 9.64 Å². The zero-order chi connectivity index (χ0) is 13.2. The van der Waals surface area contributed by atoms with Gasteiger partial charge >= 0.3 is 0 Å². The minimum absolute atomic E-state index is 0.266. The molecule has 2 aliphatic heterocycles. The van der Waals surface area contributed by atoms with E-state index in [0.29, 0.717) is 6.04 Å². The largest absolute Gasteiger partial charge is 0.376 e. The van der Waals surface area contributed by atoms with Crippen molar-refractivity contribution >= 4 is 17.7 Å². The van der Waals surface area contributed by atoms with Gasteiger partial charge in [0.15, 0.2) is 0 Å². The lowest BCUT2D eigenvalue weighted by atomic mass is 9.93. The van der Waals surface area contributed by atoms with Crippen molar-refractivity contribution in [3.05, 3.63) is 0 Å². The van der Waals surface area contributed by atoms with Gasteiger partial charge in [0, 0.05) is 30.4 Å². The Labute approximate surface area is 115 Å². The maximum Gasteiger partial charge on any atom is 0.228 e. The van der Waals surface area contributed by atoms with Gasteiger partial charge in [-0.25, -0.2) is 0 Å². The molecule has 0 saturated carbocycles. The van der Waals surface area contributed by atoms with Crippen LogP contribution in [0.25, 0.3) is 0 Å². The van der Waals surface area contributed by atoms with Crippen LogP contribution >= 0.6 is 11.8 Å². The van der Waals surface area contributed by atoms with Crippen LogP contribution in [0.2, 0.25) is 0 Å². The first-order valence-corrected chi connectivity index (χ1v) is 8.14. The van der Waals surface area contributed by atoms with Gasteiger partial charge in [-0.3, -0.25) is 4.79 Å². The molecule has 0 N–H and O–H groups in total. The molecule has 0 aromatic heterocycles. The van der Waals surface area contributed by atoms with Crippen LogP contribution < -0.4 is 0 Å². The maximum absolute atomic E-state index is 12.6. The molecule has 2 fully saturated rings. The summed E-state index contributed by atoms with van der Waals surface area (Å²) in [4.78, 5) is 14.7. The Balaban J connectivity index is 2.03. The minimum atomic E-state index is -0.286. The summed E-state index contributed by atoms with van der Waals surface area (Å²) in [6.07, 6.45) is 3.65. The van der Waals surface area contributed by atoms with Crippen molar-refractivity contribution in [3.8, 4) is 0 Å². The number of carbonyl (C=O) groups excluding carboxylic acids is 1. The molecule has 0 bridgehead atoms. The summed E-state index contributed by atoms with van der Waals surface area (Å²) in [5.41, 5.74) is -0.286. The summed E-state index contributed by atoms with van der Waals surface area (Å²) in [6.45, 7) is 7.70. The number of carbonyl (C=O) groups is 1. The molecule has 3 nitrogen and oxygen atoms in total. The van der Waals surface area contributed by atoms with Gasteiger partial charge in [0.25, 0.3) is 0 Å². The molecule has 0 aliphatic carbocycles. The van der Waals surface area contributed by atoms with Crippen LogP contribution in [0.4, 0.5) is 0 Å². The maximum atomic E-state index is 12.6. The van der Waals surface area contributed by atoms with Gasteiger partial charge in [-0.15, -0.1) is 0 Å². The summed E-state index contributed by atoms with van der Waals surface area (Å²) in [5.74, 6) is 2.56. The molecule has 0 aromatic rings. The van der Waals surface area contributed by atoms with Crippen LogP contribution in [-0.2, 0) is 9.53 Å². The standard InChI is InChI=1S/C14H25NO2S/c1-14(2,3)13(16)15(11-6-8-18-10-11)9-12-5-4-7-17-12/h11-12H,4-10H2,1-3H3. The zero-order valence-corrected chi connectivity index (χ0v) is 12.6. The van der Waals surface area contributed by atoms with Crippen LogP contribution in [0.15, 0.2) is 0 Å². The second-order valence-electron chi connectivity index (χ2n) is 6.36.